The maximum Gasteiger partial charge on any atom is 0.137 e. The first kappa shape index (κ1) is 12.3. The Morgan fingerprint density at radius 2 is 2.00 bits per heavy atom. The van der Waals surface area contributed by atoms with Gasteiger partial charge in [0.05, 0.1) is 9.30 Å². The predicted molar refractivity (Wildman–Crippen MR) is 73.9 cm³/mol. The summed E-state index contributed by atoms with van der Waals surface area (Å²) in [6.07, 6.45) is 0. The second-order valence-electron chi connectivity index (χ2n) is 3.48. The van der Waals surface area contributed by atoms with E-state index >= 15 is 0 Å². The second-order valence-corrected chi connectivity index (χ2v) is 6.57. The number of alkyl halides is 1. The summed E-state index contributed by atoms with van der Waals surface area (Å²) >= 11 is 8.47. The SMILES string of the molecule is Cc1ccc(C(Br)c2ccc(Br)c(F)c2)s1. The minimum atomic E-state index is -0.227. The largest absolute Gasteiger partial charge is 0.206 e. The van der Waals surface area contributed by atoms with Crippen LogP contribution in [0.3, 0.4) is 0 Å². The molecule has 0 aliphatic carbocycles. The number of hydrogen-bond donors (Lipinski definition) is 0. The molecule has 0 bridgehead atoms. The van der Waals surface area contributed by atoms with Crippen LogP contribution in [0, 0.1) is 12.7 Å². The predicted octanol–water partition coefficient (Wildman–Crippen LogP) is 5.44. The maximum absolute atomic E-state index is 13.4. The van der Waals surface area contributed by atoms with Gasteiger partial charge in [0.1, 0.15) is 5.82 Å². The Bertz CT molecular complexity index is 507. The summed E-state index contributed by atoms with van der Waals surface area (Å²) < 4.78 is 13.9. The molecule has 84 valence electrons. The fourth-order valence-corrected chi connectivity index (χ4v) is 3.27. The van der Waals surface area contributed by atoms with Crippen molar-refractivity contribution in [3.05, 3.63) is 55.9 Å². The van der Waals surface area contributed by atoms with Gasteiger partial charge in [-0.3, -0.25) is 0 Å². The van der Waals surface area contributed by atoms with Crippen LogP contribution in [0.4, 0.5) is 4.39 Å². The van der Waals surface area contributed by atoms with E-state index in [1.165, 1.54) is 9.75 Å². The van der Waals surface area contributed by atoms with Crippen LogP contribution in [0.1, 0.15) is 20.1 Å². The molecule has 0 aliphatic rings. The third kappa shape index (κ3) is 2.55. The van der Waals surface area contributed by atoms with Gasteiger partial charge in [0, 0.05) is 9.75 Å². The number of benzene rings is 1. The Morgan fingerprint density at radius 3 is 2.56 bits per heavy atom. The third-order valence-corrected chi connectivity index (χ3v) is 5.28. The normalized spacial score (nSPS) is 12.8. The van der Waals surface area contributed by atoms with Crippen LogP contribution in [0.2, 0.25) is 0 Å². The van der Waals surface area contributed by atoms with E-state index in [-0.39, 0.29) is 10.6 Å². The molecule has 1 unspecified atom stereocenters. The lowest BCUT2D eigenvalue weighted by atomic mass is 10.1. The van der Waals surface area contributed by atoms with Gasteiger partial charge in [-0.25, -0.2) is 4.39 Å². The molecule has 2 aromatic rings. The summed E-state index contributed by atoms with van der Waals surface area (Å²) in [5.74, 6) is -0.227. The van der Waals surface area contributed by atoms with E-state index in [0.29, 0.717) is 4.47 Å². The van der Waals surface area contributed by atoms with Gasteiger partial charge in [-0.2, -0.15) is 0 Å². The van der Waals surface area contributed by atoms with Gasteiger partial charge >= 0.3 is 0 Å². The monoisotopic (exact) mass is 362 g/mol. The first-order chi connectivity index (χ1) is 7.58. The summed E-state index contributed by atoms with van der Waals surface area (Å²) in [5, 5.41) is 0. The molecule has 0 N–H and O–H groups in total. The number of thiophene rings is 1. The number of hydrogen-bond acceptors (Lipinski definition) is 1. The van der Waals surface area contributed by atoms with E-state index in [0.717, 1.165) is 5.56 Å². The molecule has 0 saturated carbocycles. The second kappa shape index (κ2) is 4.98. The average Bonchev–Trinajstić information content (AvgIpc) is 2.68. The summed E-state index contributed by atoms with van der Waals surface area (Å²) in [5.41, 5.74) is 0.933. The van der Waals surface area contributed by atoms with Crippen molar-refractivity contribution in [2.24, 2.45) is 0 Å². The van der Waals surface area contributed by atoms with Gasteiger partial charge in [-0.05, 0) is 52.7 Å². The van der Waals surface area contributed by atoms with Crippen molar-refractivity contribution in [2.45, 2.75) is 11.8 Å². The summed E-state index contributed by atoms with van der Waals surface area (Å²) in [4.78, 5) is 2.52. The average molecular weight is 364 g/mol. The highest BCUT2D eigenvalue weighted by Crippen LogP contribution is 2.36. The van der Waals surface area contributed by atoms with E-state index in [4.69, 9.17) is 0 Å². The topological polar surface area (TPSA) is 0 Å². The Morgan fingerprint density at radius 1 is 1.25 bits per heavy atom. The highest BCUT2D eigenvalue weighted by atomic mass is 79.9. The van der Waals surface area contributed by atoms with Crippen LogP contribution in [-0.2, 0) is 0 Å². The molecule has 4 heteroatoms. The summed E-state index contributed by atoms with van der Waals surface area (Å²) in [7, 11) is 0. The molecule has 0 amide bonds. The van der Waals surface area contributed by atoms with E-state index in [1.54, 1.807) is 23.5 Å². The van der Waals surface area contributed by atoms with Crippen molar-refractivity contribution in [3.8, 4) is 0 Å². The highest BCUT2D eigenvalue weighted by molar-refractivity contribution is 9.10. The molecule has 1 aromatic heterocycles. The van der Waals surface area contributed by atoms with Crippen LogP contribution in [0.25, 0.3) is 0 Å². The molecule has 0 nitrogen and oxygen atoms in total. The van der Waals surface area contributed by atoms with Crippen LogP contribution in [0.5, 0.6) is 0 Å². The summed E-state index contributed by atoms with van der Waals surface area (Å²) in [6, 6.07) is 9.35. The molecular weight excluding hydrogens is 355 g/mol. The van der Waals surface area contributed by atoms with Crippen LogP contribution >= 0.6 is 43.2 Å². The van der Waals surface area contributed by atoms with Crippen molar-refractivity contribution in [2.75, 3.05) is 0 Å². The lowest BCUT2D eigenvalue weighted by Gasteiger charge is -2.08. The lowest BCUT2D eigenvalue weighted by molar-refractivity contribution is 0.619. The van der Waals surface area contributed by atoms with Gasteiger partial charge in [-0.1, -0.05) is 22.0 Å². The zero-order valence-electron chi connectivity index (χ0n) is 8.51. The van der Waals surface area contributed by atoms with Crippen molar-refractivity contribution in [3.63, 3.8) is 0 Å². The first-order valence-corrected chi connectivity index (χ1v) is 7.26. The standard InChI is InChI=1S/C12H9Br2FS/c1-7-2-5-11(16-7)12(14)8-3-4-9(13)10(15)6-8/h2-6,12H,1H3. The maximum atomic E-state index is 13.4. The van der Waals surface area contributed by atoms with E-state index in [1.807, 2.05) is 6.07 Å². The van der Waals surface area contributed by atoms with Crippen molar-refractivity contribution >= 4 is 43.2 Å². The Labute approximate surface area is 115 Å². The van der Waals surface area contributed by atoms with E-state index in [2.05, 4.69) is 50.9 Å². The molecule has 0 aliphatic heterocycles. The van der Waals surface area contributed by atoms with E-state index < -0.39 is 0 Å². The van der Waals surface area contributed by atoms with Gasteiger partial charge in [0.15, 0.2) is 0 Å². The fraction of sp³-hybridized carbons (Fsp3) is 0.167. The van der Waals surface area contributed by atoms with Crippen LogP contribution in [-0.4, -0.2) is 0 Å². The summed E-state index contributed by atoms with van der Waals surface area (Å²) in [6.45, 7) is 2.07. The highest BCUT2D eigenvalue weighted by Gasteiger charge is 2.13. The van der Waals surface area contributed by atoms with Gasteiger partial charge < -0.3 is 0 Å². The molecule has 2 rings (SSSR count). The van der Waals surface area contributed by atoms with Gasteiger partial charge in [-0.15, -0.1) is 11.3 Å². The molecule has 0 spiro atoms. The fourth-order valence-electron chi connectivity index (χ4n) is 1.42. The molecule has 0 radical (unpaired) electrons. The molecule has 1 atom stereocenters. The third-order valence-electron chi connectivity index (χ3n) is 2.25. The van der Waals surface area contributed by atoms with Gasteiger partial charge in [0.2, 0.25) is 0 Å². The molecule has 16 heavy (non-hydrogen) atoms. The quantitative estimate of drug-likeness (QED) is 0.623. The van der Waals surface area contributed by atoms with Gasteiger partial charge in [0.25, 0.3) is 0 Å². The molecule has 0 saturated heterocycles. The minimum absolute atomic E-state index is 0.0637. The zero-order chi connectivity index (χ0) is 11.7. The number of rotatable bonds is 2. The Kier molecular flexibility index (Phi) is 3.82. The van der Waals surface area contributed by atoms with Crippen LogP contribution < -0.4 is 0 Å². The lowest BCUT2D eigenvalue weighted by Crippen LogP contribution is -1.91. The minimum Gasteiger partial charge on any atom is -0.206 e. The van der Waals surface area contributed by atoms with Crippen molar-refractivity contribution in [1.82, 2.24) is 0 Å². The van der Waals surface area contributed by atoms with E-state index in [9.17, 15) is 4.39 Å². The molecule has 1 heterocycles. The Balaban J connectivity index is 2.33. The Hall–Kier alpha value is -0.190. The molecular formula is C12H9Br2FS. The number of aryl methyl sites for hydroxylation is 1. The molecule has 0 fully saturated rings. The number of halogens is 3. The van der Waals surface area contributed by atoms with Crippen LogP contribution in [0.15, 0.2) is 34.8 Å². The van der Waals surface area contributed by atoms with Crippen molar-refractivity contribution < 1.29 is 4.39 Å². The first-order valence-electron chi connectivity index (χ1n) is 4.73. The molecule has 1 aromatic carbocycles. The van der Waals surface area contributed by atoms with Crippen molar-refractivity contribution in [1.29, 1.82) is 0 Å². The smallest absolute Gasteiger partial charge is 0.137 e. The zero-order valence-corrected chi connectivity index (χ0v) is 12.5.